The number of rotatable bonds is 3. The summed E-state index contributed by atoms with van der Waals surface area (Å²) in [5, 5.41) is 13.0. The van der Waals surface area contributed by atoms with Crippen molar-refractivity contribution in [3.05, 3.63) is 62.6 Å². The molecule has 0 aliphatic carbocycles. The Morgan fingerprint density at radius 1 is 1.30 bits per heavy atom. The molecule has 174 valence electrons. The van der Waals surface area contributed by atoms with Gasteiger partial charge in [0.25, 0.3) is 11.8 Å². The topological polar surface area (TPSA) is 104 Å². The zero-order valence-electron chi connectivity index (χ0n) is 18.2. The minimum Gasteiger partial charge on any atom is -0.503 e. The fourth-order valence-electron chi connectivity index (χ4n) is 4.90. The predicted molar refractivity (Wildman–Crippen MR) is 112 cm³/mol. The van der Waals surface area contributed by atoms with Crippen LogP contribution in [0.15, 0.2) is 23.1 Å². The molecule has 2 fully saturated rings. The summed E-state index contributed by atoms with van der Waals surface area (Å²) < 4.78 is 35.5. The summed E-state index contributed by atoms with van der Waals surface area (Å²) in [6.45, 7) is 3.77. The van der Waals surface area contributed by atoms with Crippen LogP contribution in [0.2, 0.25) is 0 Å². The van der Waals surface area contributed by atoms with E-state index in [1.54, 1.807) is 11.8 Å². The number of carbonyl (C=O) groups excluding carboxylic acids is 2. The second-order valence-corrected chi connectivity index (χ2v) is 9.08. The van der Waals surface area contributed by atoms with E-state index in [0.29, 0.717) is 31.6 Å². The summed E-state index contributed by atoms with van der Waals surface area (Å²) in [5.41, 5.74) is -2.08. The van der Waals surface area contributed by atoms with Crippen molar-refractivity contribution < 1.29 is 28.2 Å². The number of pyridine rings is 1. The van der Waals surface area contributed by atoms with E-state index in [1.807, 2.05) is 6.92 Å². The standard InChI is InChI=1S/C23H23F2N3O5/c1-11-5-15(24)13(16(25)6-11)7-26-21(31)14-8-28-17-9-27(12(2)3-4-23(17)10-33-23)22(32)18(28)20(30)19(14)29/h5-6,8,12,17,30H,3-4,7,9-10H2,1-2H3,(H,26,31)/t12-,17+,23+/m0/s1. The zero-order chi connectivity index (χ0) is 23.7. The number of fused-ring (bicyclic) bond motifs is 5. The van der Waals surface area contributed by atoms with Gasteiger partial charge < -0.3 is 24.6 Å². The number of nitrogens with zero attached hydrogens (tertiary/aromatic N) is 2. The fraction of sp³-hybridized carbons (Fsp3) is 0.435. The molecule has 2 N–H and O–H groups in total. The van der Waals surface area contributed by atoms with Gasteiger partial charge in [-0.15, -0.1) is 0 Å². The molecule has 1 aromatic heterocycles. The molecular formula is C23H23F2N3O5. The largest absolute Gasteiger partial charge is 0.503 e. The van der Waals surface area contributed by atoms with Crippen molar-refractivity contribution in [3.63, 3.8) is 0 Å². The molecule has 2 saturated heterocycles. The van der Waals surface area contributed by atoms with Crippen molar-refractivity contribution >= 4 is 11.8 Å². The van der Waals surface area contributed by atoms with Crippen LogP contribution in [0.3, 0.4) is 0 Å². The Labute approximate surface area is 187 Å². The molecule has 1 spiro atoms. The lowest BCUT2D eigenvalue weighted by molar-refractivity contribution is 0.0574. The Morgan fingerprint density at radius 3 is 2.61 bits per heavy atom. The second kappa shape index (κ2) is 7.38. The Bertz CT molecular complexity index is 1230. The van der Waals surface area contributed by atoms with Gasteiger partial charge in [0.05, 0.1) is 12.6 Å². The molecule has 2 bridgehead atoms. The van der Waals surface area contributed by atoms with Gasteiger partial charge in [0, 0.05) is 30.9 Å². The maximum Gasteiger partial charge on any atom is 0.274 e. The average Bonchev–Trinajstić information content (AvgIpc) is 3.55. The van der Waals surface area contributed by atoms with E-state index in [2.05, 4.69) is 5.32 Å². The van der Waals surface area contributed by atoms with Crippen molar-refractivity contribution in [2.45, 2.75) is 50.9 Å². The number of aromatic hydroxyl groups is 1. The highest BCUT2D eigenvalue weighted by atomic mass is 19.1. The third-order valence-corrected chi connectivity index (χ3v) is 6.97. The highest BCUT2D eigenvalue weighted by molar-refractivity contribution is 5.99. The van der Waals surface area contributed by atoms with E-state index >= 15 is 0 Å². The number of carbonyl (C=O) groups is 2. The van der Waals surface area contributed by atoms with Crippen molar-refractivity contribution in [3.8, 4) is 5.75 Å². The molecule has 2 aromatic rings. The first-order valence-corrected chi connectivity index (χ1v) is 10.8. The van der Waals surface area contributed by atoms with Crippen LogP contribution in [0.1, 0.15) is 57.8 Å². The van der Waals surface area contributed by atoms with E-state index in [9.17, 15) is 28.3 Å². The fourth-order valence-corrected chi connectivity index (χ4v) is 4.90. The number of aromatic nitrogens is 1. The molecule has 8 nitrogen and oxygen atoms in total. The molecule has 33 heavy (non-hydrogen) atoms. The van der Waals surface area contributed by atoms with Crippen LogP contribution in [0.4, 0.5) is 8.78 Å². The summed E-state index contributed by atoms with van der Waals surface area (Å²) in [6, 6.07) is 1.82. The van der Waals surface area contributed by atoms with Crippen LogP contribution in [-0.2, 0) is 11.3 Å². The normalized spacial score (nSPS) is 25.6. The minimum absolute atomic E-state index is 0.0888. The van der Waals surface area contributed by atoms with Gasteiger partial charge in [0.1, 0.15) is 22.8 Å². The van der Waals surface area contributed by atoms with E-state index < -0.39 is 52.3 Å². The summed E-state index contributed by atoms with van der Waals surface area (Å²) in [5.74, 6) is -3.85. The third kappa shape index (κ3) is 3.31. The molecule has 3 aliphatic rings. The molecule has 5 rings (SSSR count). The van der Waals surface area contributed by atoms with Crippen LogP contribution in [0.5, 0.6) is 5.75 Å². The van der Waals surface area contributed by atoms with Crippen LogP contribution >= 0.6 is 0 Å². The van der Waals surface area contributed by atoms with Gasteiger partial charge in [-0.25, -0.2) is 8.78 Å². The highest BCUT2D eigenvalue weighted by Crippen LogP contribution is 2.48. The van der Waals surface area contributed by atoms with Crippen molar-refractivity contribution in [1.82, 2.24) is 14.8 Å². The summed E-state index contributed by atoms with van der Waals surface area (Å²) >= 11 is 0. The molecule has 2 amide bonds. The Kier molecular flexibility index (Phi) is 4.82. The van der Waals surface area contributed by atoms with Gasteiger partial charge in [-0.2, -0.15) is 0 Å². The Hall–Kier alpha value is -3.27. The second-order valence-electron chi connectivity index (χ2n) is 9.08. The van der Waals surface area contributed by atoms with E-state index in [0.717, 1.165) is 12.1 Å². The minimum atomic E-state index is -1.02. The number of hydrogen-bond donors (Lipinski definition) is 2. The molecule has 0 saturated carbocycles. The maximum atomic E-state index is 14.1. The quantitative estimate of drug-likeness (QED) is 0.684. The van der Waals surface area contributed by atoms with Crippen LogP contribution < -0.4 is 10.7 Å². The molecule has 0 radical (unpaired) electrons. The van der Waals surface area contributed by atoms with E-state index in [4.69, 9.17) is 4.74 Å². The highest BCUT2D eigenvalue weighted by Gasteiger charge is 2.57. The number of halogens is 2. The number of nitrogens with one attached hydrogen (secondary N) is 1. The molecule has 1 aromatic carbocycles. The first kappa shape index (κ1) is 21.6. The molecule has 3 atom stereocenters. The third-order valence-electron chi connectivity index (χ3n) is 6.97. The van der Waals surface area contributed by atoms with Gasteiger partial charge >= 0.3 is 0 Å². The Morgan fingerprint density at radius 2 is 1.97 bits per heavy atom. The van der Waals surface area contributed by atoms with E-state index in [-0.39, 0.29) is 23.3 Å². The summed E-state index contributed by atoms with van der Waals surface area (Å²) in [7, 11) is 0. The summed E-state index contributed by atoms with van der Waals surface area (Å²) in [4.78, 5) is 40.3. The van der Waals surface area contributed by atoms with Gasteiger partial charge in [-0.05, 0) is 44.4 Å². The van der Waals surface area contributed by atoms with Crippen LogP contribution in [0, 0.1) is 18.6 Å². The molecule has 4 heterocycles. The van der Waals surface area contributed by atoms with Crippen molar-refractivity contribution in [2.24, 2.45) is 0 Å². The summed E-state index contributed by atoms with van der Waals surface area (Å²) in [6.07, 6.45) is 2.65. The number of benzene rings is 1. The van der Waals surface area contributed by atoms with Crippen molar-refractivity contribution in [1.29, 1.82) is 0 Å². The van der Waals surface area contributed by atoms with Crippen LogP contribution in [0.25, 0.3) is 0 Å². The molecule has 10 heteroatoms. The molecular weight excluding hydrogens is 436 g/mol. The van der Waals surface area contributed by atoms with Gasteiger partial charge in [0.15, 0.2) is 11.4 Å². The van der Waals surface area contributed by atoms with Gasteiger partial charge in [-0.1, -0.05) is 0 Å². The SMILES string of the molecule is Cc1cc(F)c(CNC(=O)c2cn3c(c(O)c2=O)C(=O)N2C[C@@H]3[C@@]3(CC[C@@H]2C)CO3)c(F)c1. The number of amides is 2. The number of ether oxygens (including phenoxy) is 1. The number of hydrogen-bond acceptors (Lipinski definition) is 5. The first-order valence-electron chi connectivity index (χ1n) is 10.8. The maximum absolute atomic E-state index is 14.1. The zero-order valence-corrected chi connectivity index (χ0v) is 18.2. The van der Waals surface area contributed by atoms with E-state index in [1.165, 1.54) is 10.8 Å². The number of aryl methyl sites for hydroxylation is 1. The van der Waals surface area contributed by atoms with Gasteiger partial charge in [-0.3, -0.25) is 14.4 Å². The first-order chi connectivity index (χ1) is 15.6. The van der Waals surface area contributed by atoms with Gasteiger partial charge in [0.2, 0.25) is 5.43 Å². The smallest absolute Gasteiger partial charge is 0.274 e. The Balaban J connectivity index is 1.52. The average molecular weight is 459 g/mol. The lowest BCUT2D eigenvalue weighted by atomic mass is 9.94. The van der Waals surface area contributed by atoms with Crippen molar-refractivity contribution in [2.75, 3.05) is 13.2 Å². The lowest BCUT2D eigenvalue weighted by Crippen LogP contribution is -2.49. The monoisotopic (exact) mass is 459 g/mol. The molecule has 3 aliphatic heterocycles. The predicted octanol–water partition coefficient (Wildman–Crippen LogP) is 2.02. The lowest BCUT2D eigenvalue weighted by Gasteiger charge is -2.38. The number of epoxide rings is 1. The molecule has 0 unspecified atom stereocenters. The van der Waals surface area contributed by atoms with Crippen LogP contribution in [-0.4, -0.2) is 51.2 Å².